The summed E-state index contributed by atoms with van der Waals surface area (Å²) >= 11 is 2.22. The fourth-order valence-corrected chi connectivity index (χ4v) is 3.86. The van der Waals surface area contributed by atoms with Crippen LogP contribution in [-0.4, -0.2) is 52.2 Å². The van der Waals surface area contributed by atoms with Gasteiger partial charge in [-0.25, -0.2) is 9.78 Å². The standard InChI is InChI=1S/C16H24IN3O4/c1-9(16(2,3)24-15(18)23)12-6-19-14(5-13(12)17)20-7-11(22)4-10(20)8-21/h5-6,9-11,21-22H,4,7-8H2,1-3H3,(H2,18,23)/t9?,10-,11+/m1/s1. The SMILES string of the molecule is CC(c1cnc(N2C[C@@H](O)C[C@@H]2CO)cc1I)C(C)(C)OC(N)=O. The van der Waals surface area contributed by atoms with Crippen LogP contribution >= 0.6 is 22.6 Å². The van der Waals surface area contributed by atoms with Crippen LogP contribution in [0.5, 0.6) is 0 Å². The maximum absolute atomic E-state index is 11.1. The Morgan fingerprint density at radius 1 is 1.62 bits per heavy atom. The molecule has 1 saturated heterocycles. The van der Waals surface area contributed by atoms with Crippen molar-refractivity contribution in [3.05, 3.63) is 21.4 Å². The number of anilines is 1. The second-order valence-electron chi connectivity index (χ2n) is 6.69. The highest BCUT2D eigenvalue weighted by Crippen LogP contribution is 2.35. The van der Waals surface area contributed by atoms with Crippen LogP contribution in [0.3, 0.4) is 0 Å². The molecule has 2 heterocycles. The molecule has 8 heteroatoms. The van der Waals surface area contributed by atoms with Gasteiger partial charge >= 0.3 is 6.09 Å². The van der Waals surface area contributed by atoms with Crippen molar-refractivity contribution in [2.24, 2.45) is 5.73 Å². The van der Waals surface area contributed by atoms with E-state index in [0.717, 1.165) is 15.0 Å². The molecule has 1 aliphatic rings. The van der Waals surface area contributed by atoms with Gasteiger partial charge in [0.2, 0.25) is 0 Å². The number of halogens is 1. The minimum Gasteiger partial charge on any atom is -0.443 e. The maximum Gasteiger partial charge on any atom is 0.405 e. The Bertz CT molecular complexity index is 611. The van der Waals surface area contributed by atoms with E-state index in [4.69, 9.17) is 10.5 Å². The molecule has 24 heavy (non-hydrogen) atoms. The number of primary amides is 1. The first-order valence-electron chi connectivity index (χ1n) is 7.85. The average Bonchev–Trinajstić information content (AvgIpc) is 2.86. The minimum atomic E-state index is -0.803. The van der Waals surface area contributed by atoms with Gasteiger partial charge in [0.25, 0.3) is 0 Å². The predicted octanol–water partition coefficient (Wildman–Crippen LogP) is 1.60. The second kappa shape index (κ2) is 7.40. The van der Waals surface area contributed by atoms with Crippen molar-refractivity contribution < 1.29 is 19.7 Å². The van der Waals surface area contributed by atoms with E-state index >= 15 is 0 Å². The summed E-state index contributed by atoms with van der Waals surface area (Å²) in [6.45, 7) is 6.01. The van der Waals surface area contributed by atoms with E-state index in [0.29, 0.717) is 13.0 Å². The molecule has 3 atom stereocenters. The summed E-state index contributed by atoms with van der Waals surface area (Å²) in [5.41, 5.74) is 5.34. The Hall–Kier alpha value is -1.13. The number of amides is 1. The molecule has 1 aromatic rings. The van der Waals surface area contributed by atoms with Crippen molar-refractivity contribution >= 4 is 34.5 Å². The highest BCUT2D eigenvalue weighted by molar-refractivity contribution is 14.1. The van der Waals surface area contributed by atoms with Crippen molar-refractivity contribution in [3.8, 4) is 0 Å². The number of hydrogen-bond acceptors (Lipinski definition) is 6. The monoisotopic (exact) mass is 449 g/mol. The topological polar surface area (TPSA) is 109 Å². The van der Waals surface area contributed by atoms with Gasteiger partial charge in [-0.05, 0) is 54.5 Å². The summed E-state index contributed by atoms with van der Waals surface area (Å²) in [7, 11) is 0. The van der Waals surface area contributed by atoms with Crippen LogP contribution in [0, 0.1) is 3.57 Å². The van der Waals surface area contributed by atoms with Crippen molar-refractivity contribution in [2.45, 2.75) is 50.9 Å². The zero-order chi connectivity index (χ0) is 18.1. The first-order valence-corrected chi connectivity index (χ1v) is 8.93. The van der Waals surface area contributed by atoms with Crippen LogP contribution in [0.1, 0.15) is 38.7 Å². The van der Waals surface area contributed by atoms with E-state index in [2.05, 4.69) is 27.6 Å². The lowest BCUT2D eigenvalue weighted by molar-refractivity contribution is 0.0279. The van der Waals surface area contributed by atoms with Crippen LogP contribution in [0.15, 0.2) is 12.3 Å². The molecular formula is C16H24IN3O4. The number of carbonyl (C=O) groups is 1. The van der Waals surface area contributed by atoms with E-state index in [1.165, 1.54) is 0 Å². The Kier molecular flexibility index (Phi) is 5.92. The van der Waals surface area contributed by atoms with Crippen LogP contribution in [0.25, 0.3) is 0 Å². The third-order valence-corrected chi connectivity index (χ3v) is 5.57. The Morgan fingerprint density at radius 3 is 2.83 bits per heavy atom. The number of aliphatic hydroxyl groups is 2. The number of ether oxygens (including phenoxy) is 1. The lowest BCUT2D eigenvalue weighted by Crippen LogP contribution is -2.36. The number of hydrogen-bond donors (Lipinski definition) is 3. The molecule has 0 aliphatic carbocycles. The normalized spacial score (nSPS) is 22.5. The van der Waals surface area contributed by atoms with Gasteiger partial charge in [0.05, 0.1) is 18.8 Å². The molecule has 0 spiro atoms. The number of nitrogens with zero attached hydrogens (tertiary/aromatic N) is 2. The zero-order valence-electron chi connectivity index (χ0n) is 14.1. The molecular weight excluding hydrogens is 425 g/mol. The second-order valence-corrected chi connectivity index (χ2v) is 7.85. The molecule has 1 amide bonds. The van der Waals surface area contributed by atoms with Gasteiger partial charge in [0, 0.05) is 22.2 Å². The number of rotatable bonds is 5. The number of β-amino-alcohol motifs (C(OH)–C–C–N with tert-alkyl or cyclic N) is 1. The summed E-state index contributed by atoms with van der Waals surface area (Å²) in [6, 6.07) is 1.80. The van der Waals surface area contributed by atoms with Crippen LogP contribution < -0.4 is 10.6 Å². The van der Waals surface area contributed by atoms with Crippen LogP contribution in [-0.2, 0) is 4.74 Å². The van der Waals surface area contributed by atoms with Crippen LogP contribution in [0.4, 0.5) is 10.6 Å². The van der Waals surface area contributed by atoms with Crippen molar-refractivity contribution in [3.63, 3.8) is 0 Å². The van der Waals surface area contributed by atoms with Gasteiger partial charge in [-0.3, -0.25) is 0 Å². The van der Waals surface area contributed by atoms with Gasteiger partial charge in [-0.2, -0.15) is 0 Å². The summed E-state index contributed by atoms with van der Waals surface area (Å²) in [5, 5.41) is 19.3. The predicted molar refractivity (Wildman–Crippen MR) is 99.0 cm³/mol. The van der Waals surface area contributed by atoms with E-state index in [9.17, 15) is 15.0 Å². The van der Waals surface area contributed by atoms with Crippen molar-refractivity contribution in [2.75, 3.05) is 18.1 Å². The zero-order valence-corrected chi connectivity index (χ0v) is 16.2. The molecule has 1 fully saturated rings. The lowest BCUT2D eigenvalue weighted by atomic mass is 9.87. The largest absolute Gasteiger partial charge is 0.443 e. The number of aliphatic hydroxyl groups excluding tert-OH is 2. The van der Waals surface area contributed by atoms with E-state index < -0.39 is 17.8 Å². The molecule has 0 bridgehead atoms. The highest BCUT2D eigenvalue weighted by Gasteiger charge is 2.34. The number of nitrogens with two attached hydrogens (primary N) is 1. The average molecular weight is 449 g/mol. The Balaban J connectivity index is 2.25. The molecule has 0 saturated carbocycles. The van der Waals surface area contributed by atoms with Gasteiger partial charge in [0.1, 0.15) is 11.4 Å². The number of aromatic nitrogens is 1. The minimum absolute atomic E-state index is 0.0209. The molecule has 1 unspecified atom stereocenters. The van der Waals surface area contributed by atoms with E-state index in [1.54, 1.807) is 6.20 Å². The van der Waals surface area contributed by atoms with E-state index in [1.807, 2.05) is 31.7 Å². The van der Waals surface area contributed by atoms with Crippen molar-refractivity contribution in [1.82, 2.24) is 4.98 Å². The fourth-order valence-electron chi connectivity index (χ4n) is 2.97. The molecule has 134 valence electrons. The van der Waals surface area contributed by atoms with Gasteiger partial charge < -0.3 is 25.6 Å². The number of pyridine rings is 1. The maximum atomic E-state index is 11.1. The van der Waals surface area contributed by atoms with Crippen LogP contribution in [0.2, 0.25) is 0 Å². The third-order valence-electron chi connectivity index (χ3n) is 4.64. The molecule has 1 aromatic heterocycles. The molecule has 0 radical (unpaired) electrons. The third kappa shape index (κ3) is 4.09. The summed E-state index contributed by atoms with van der Waals surface area (Å²) < 4.78 is 6.19. The quantitative estimate of drug-likeness (QED) is 0.590. The summed E-state index contributed by atoms with van der Waals surface area (Å²) in [5.74, 6) is 0.621. The Morgan fingerprint density at radius 2 is 2.29 bits per heavy atom. The summed E-state index contributed by atoms with van der Waals surface area (Å²) in [4.78, 5) is 17.5. The molecule has 1 aliphatic heterocycles. The first kappa shape index (κ1) is 19.2. The fraction of sp³-hybridized carbons (Fsp3) is 0.625. The van der Waals surface area contributed by atoms with Gasteiger partial charge in [-0.1, -0.05) is 6.92 Å². The van der Waals surface area contributed by atoms with Gasteiger partial charge in [0.15, 0.2) is 0 Å². The molecule has 4 N–H and O–H groups in total. The van der Waals surface area contributed by atoms with E-state index in [-0.39, 0.29) is 18.6 Å². The lowest BCUT2D eigenvalue weighted by Gasteiger charge is -2.32. The smallest absolute Gasteiger partial charge is 0.405 e. The molecule has 0 aromatic carbocycles. The molecule has 7 nitrogen and oxygen atoms in total. The number of carbonyl (C=O) groups excluding carboxylic acids is 1. The Labute approximate surface area is 155 Å². The summed E-state index contributed by atoms with van der Waals surface area (Å²) in [6.07, 6.45) is 1.03. The highest BCUT2D eigenvalue weighted by atomic mass is 127. The van der Waals surface area contributed by atoms with Gasteiger partial charge in [-0.15, -0.1) is 0 Å². The first-order chi connectivity index (χ1) is 11.2. The van der Waals surface area contributed by atoms with Crippen molar-refractivity contribution in [1.29, 1.82) is 0 Å². The molecule has 2 rings (SSSR count).